The molecule has 1 atom stereocenters. The summed E-state index contributed by atoms with van der Waals surface area (Å²) in [6.45, 7) is 2.22. The van der Waals surface area contributed by atoms with Crippen molar-refractivity contribution in [1.82, 2.24) is 14.8 Å². The SMILES string of the molecule is CC[C@@H](Sc1nnc(-c2cccs2)n1CC(N)=O)c1ccccc1. The highest BCUT2D eigenvalue weighted by Gasteiger charge is 2.20. The molecule has 0 spiro atoms. The standard InChI is InChI=1S/C17H18N4OS2/c1-2-13(12-7-4-3-5-8-12)24-17-20-19-16(14-9-6-10-23-14)21(17)11-15(18)22/h3-10,13H,2,11H2,1H3,(H2,18,22)/t13-/m1/s1. The monoisotopic (exact) mass is 358 g/mol. The first-order valence-electron chi connectivity index (χ1n) is 7.66. The number of nitrogens with two attached hydrogens (primary N) is 1. The molecule has 0 bridgehead atoms. The number of benzene rings is 1. The summed E-state index contributed by atoms with van der Waals surface area (Å²) in [5.74, 6) is 0.288. The summed E-state index contributed by atoms with van der Waals surface area (Å²) in [6.07, 6.45) is 0.951. The van der Waals surface area contributed by atoms with Gasteiger partial charge >= 0.3 is 0 Å². The Hall–Kier alpha value is -2.12. The van der Waals surface area contributed by atoms with E-state index in [1.165, 1.54) is 5.56 Å². The fourth-order valence-corrected chi connectivity index (χ4v) is 4.24. The first kappa shape index (κ1) is 16.7. The predicted octanol–water partition coefficient (Wildman–Crippen LogP) is 3.74. The zero-order valence-corrected chi connectivity index (χ0v) is 14.9. The number of hydrogen-bond donors (Lipinski definition) is 1. The minimum atomic E-state index is -0.401. The molecule has 0 radical (unpaired) electrons. The molecule has 24 heavy (non-hydrogen) atoms. The second-order valence-electron chi connectivity index (χ2n) is 5.26. The highest BCUT2D eigenvalue weighted by Crippen LogP contribution is 2.38. The Bertz CT molecular complexity index is 799. The van der Waals surface area contributed by atoms with E-state index in [9.17, 15) is 4.79 Å². The summed E-state index contributed by atoms with van der Waals surface area (Å²) >= 11 is 3.18. The van der Waals surface area contributed by atoms with E-state index in [-0.39, 0.29) is 11.8 Å². The van der Waals surface area contributed by atoms with Crippen molar-refractivity contribution in [2.24, 2.45) is 5.73 Å². The van der Waals surface area contributed by atoms with Crippen LogP contribution in [0.5, 0.6) is 0 Å². The van der Waals surface area contributed by atoms with Gasteiger partial charge in [-0.1, -0.05) is 55.1 Å². The van der Waals surface area contributed by atoms with Crippen molar-refractivity contribution in [3.05, 3.63) is 53.4 Å². The van der Waals surface area contributed by atoms with Crippen molar-refractivity contribution in [2.75, 3.05) is 0 Å². The molecule has 1 amide bonds. The van der Waals surface area contributed by atoms with Crippen molar-refractivity contribution in [3.63, 3.8) is 0 Å². The number of carbonyl (C=O) groups is 1. The topological polar surface area (TPSA) is 73.8 Å². The lowest BCUT2D eigenvalue weighted by atomic mass is 10.1. The van der Waals surface area contributed by atoms with Crippen molar-refractivity contribution < 1.29 is 4.79 Å². The van der Waals surface area contributed by atoms with Crippen LogP contribution >= 0.6 is 23.1 Å². The molecular weight excluding hydrogens is 340 g/mol. The van der Waals surface area contributed by atoms with Gasteiger partial charge in [-0.3, -0.25) is 9.36 Å². The van der Waals surface area contributed by atoms with Crippen LogP contribution in [0.2, 0.25) is 0 Å². The molecule has 0 aliphatic carbocycles. The van der Waals surface area contributed by atoms with E-state index < -0.39 is 5.91 Å². The Balaban J connectivity index is 1.94. The third-order valence-corrected chi connectivity index (χ3v) is 5.83. The van der Waals surface area contributed by atoms with Crippen LogP contribution in [-0.2, 0) is 11.3 Å². The van der Waals surface area contributed by atoms with Gasteiger partial charge in [0.05, 0.1) is 4.88 Å². The van der Waals surface area contributed by atoms with Gasteiger partial charge in [0.1, 0.15) is 6.54 Å². The number of hydrogen-bond acceptors (Lipinski definition) is 5. The van der Waals surface area contributed by atoms with Gasteiger partial charge in [-0.2, -0.15) is 0 Å². The van der Waals surface area contributed by atoms with E-state index in [1.807, 2.05) is 40.3 Å². The quantitative estimate of drug-likeness (QED) is 0.653. The second kappa shape index (κ2) is 7.63. The molecule has 2 N–H and O–H groups in total. The molecule has 3 aromatic rings. The van der Waals surface area contributed by atoms with E-state index in [0.717, 1.165) is 11.3 Å². The average Bonchev–Trinajstić information content (AvgIpc) is 3.23. The Labute approximate surface area is 148 Å². The summed E-state index contributed by atoms with van der Waals surface area (Å²) in [6, 6.07) is 14.2. The number of carbonyl (C=O) groups excluding carboxylic acids is 1. The third kappa shape index (κ3) is 3.68. The van der Waals surface area contributed by atoms with Crippen LogP contribution in [-0.4, -0.2) is 20.7 Å². The number of amides is 1. The number of primary amides is 1. The fourth-order valence-electron chi connectivity index (χ4n) is 2.44. The van der Waals surface area contributed by atoms with Gasteiger partial charge in [-0.05, 0) is 23.4 Å². The molecule has 3 rings (SSSR count). The third-order valence-electron chi connectivity index (χ3n) is 3.56. The van der Waals surface area contributed by atoms with E-state index in [1.54, 1.807) is 23.1 Å². The van der Waals surface area contributed by atoms with Crippen LogP contribution in [0.25, 0.3) is 10.7 Å². The van der Waals surface area contributed by atoms with E-state index in [0.29, 0.717) is 11.0 Å². The molecule has 7 heteroatoms. The van der Waals surface area contributed by atoms with Gasteiger partial charge in [-0.15, -0.1) is 21.5 Å². The minimum Gasteiger partial charge on any atom is -0.368 e. The molecule has 0 saturated heterocycles. The summed E-state index contributed by atoms with van der Waals surface area (Å²) < 4.78 is 1.81. The van der Waals surface area contributed by atoms with Gasteiger partial charge in [0.2, 0.25) is 5.91 Å². The van der Waals surface area contributed by atoms with Crippen molar-refractivity contribution in [3.8, 4) is 10.7 Å². The fraction of sp³-hybridized carbons (Fsp3) is 0.235. The van der Waals surface area contributed by atoms with Gasteiger partial charge in [-0.25, -0.2) is 0 Å². The zero-order chi connectivity index (χ0) is 16.9. The first-order chi connectivity index (χ1) is 11.7. The lowest BCUT2D eigenvalue weighted by Crippen LogP contribution is -2.20. The van der Waals surface area contributed by atoms with Crippen LogP contribution < -0.4 is 5.73 Å². The summed E-state index contributed by atoms with van der Waals surface area (Å²) in [5.41, 5.74) is 6.66. The lowest BCUT2D eigenvalue weighted by molar-refractivity contribution is -0.118. The summed E-state index contributed by atoms with van der Waals surface area (Å²) in [7, 11) is 0. The van der Waals surface area contributed by atoms with E-state index in [2.05, 4.69) is 29.3 Å². The largest absolute Gasteiger partial charge is 0.368 e. The number of thioether (sulfide) groups is 1. The smallest absolute Gasteiger partial charge is 0.237 e. The normalized spacial score (nSPS) is 12.2. The Morgan fingerprint density at radius 2 is 2.04 bits per heavy atom. The number of aromatic nitrogens is 3. The Morgan fingerprint density at radius 1 is 1.25 bits per heavy atom. The first-order valence-corrected chi connectivity index (χ1v) is 9.42. The summed E-state index contributed by atoms with van der Waals surface area (Å²) in [4.78, 5) is 12.5. The highest BCUT2D eigenvalue weighted by molar-refractivity contribution is 7.99. The molecule has 0 aliphatic heterocycles. The molecule has 0 saturated carbocycles. The molecule has 2 heterocycles. The maximum atomic E-state index is 11.5. The minimum absolute atomic E-state index is 0.0772. The van der Waals surface area contributed by atoms with Gasteiger partial charge in [0, 0.05) is 5.25 Å². The van der Waals surface area contributed by atoms with E-state index >= 15 is 0 Å². The average molecular weight is 358 g/mol. The van der Waals surface area contributed by atoms with Crippen molar-refractivity contribution >= 4 is 29.0 Å². The Kier molecular flexibility index (Phi) is 5.32. The molecule has 5 nitrogen and oxygen atoms in total. The van der Waals surface area contributed by atoms with Gasteiger partial charge in [0.25, 0.3) is 0 Å². The maximum Gasteiger partial charge on any atom is 0.237 e. The Morgan fingerprint density at radius 3 is 2.67 bits per heavy atom. The van der Waals surface area contributed by atoms with Crippen molar-refractivity contribution in [2.45, 2.75) is 30.3 Å². The molecule has 2 aromatic heterocycles. The maximum absolute atomic E-state index is 11.5. The van der Waals surface area contributed by atoms with Crippen LogP contribution in [0.15, 0.2) is 53.0 Å². The van der Waals surface area contributed by atoms with Gasteiger partial charge < -0.3 is 5.73 Å². The molecule has 124 valence electrons. The molecule has 0 unspecified atom stereocenters. The second-order valence-corrected chi connectivity index (χ2v) is 7.38. The van der Waals surface area contributed by atoms with Crippen LogP contribution in [0.1, 0.15) is 24.2 Å². The van der Waals surface area contributed by atoms with Crippen LogP contribution in [0.4, 0.5) is 0 Å². The zero-order valence-electron chi connectivity index (χ0n) is 13.3. The van der Waals surface area contributed by atoms with Crippen LogP contribution in [0.3, 0.4) is 0 Å². The number of thiophene rings is 1. The number of rotatable bonds is 7. The number of nitrogens with zero attached hydrogens (tertiary/aromatic N) is 3. The molecule has 0 aliphatic rings. The van der Waals surface area contributed by atoms with Gasteiger partial charge in [0.15, 0.2) is 11.0 Å². The summed E-state index contributed by atoms with van der Waals surface area (Å²) in [5, 5.41) is 11.5. The molecule has 1 aromatic carbocycles. The van der Waals surface area contributed by atoms with E-state index in [4.69, 9.17) is 5.73 Å². The van der Waals surface area contributed by atoms with Crippen LogP contribution in [0, 0.1) is 0 Å². The lowest BCUT2D eigenvalue weighted by Gasteiger charge is -2.15. The van der Waals surface area contributed by atoms with Crippen molar-refractivity contribution in [1.29, 1.82) is 0 Å². The highest BCUT2D eigenvalue weighted by atomic mass is 32.2. The molecule has 0 fully saturated rings. The predicted molar refractivity (Wildman–Crippen MR) is 97.9 cm³/mol. The molecular formula is C17H18N4OS2.